The third-order valence-corrected chi connectivity index (χ3v) is 3.06. The lowest BCUT2D eigenvalue weighted by atomic mass is 10.2. The minimum Gasteiger partial charge on any atom is -0.456 e. The fourth-order valence-corrected chi connectivity index (χ4v) is 2.00. The number of imidazole rings is 1. The van der Waals surface area contributed by atoms with Crippen LogP contribution in [0.15, 0.2) is 36.5 Å². The molecular formula is C16H16N4O3. The van der Waals surface area contributed by atoms with Gasteiger partial charge in [0.2, 0.25) is 5.95 Å². The number of hydrogen-bond acceptors (Lipinski definition) is 5. The molecule has 7 nitrogen and oxygen atoms in total. The van der Waals surface area contributed by atoms with Crippen LogP contribution in [0.2, 0.25) is 0 Å². The van der Waals surface area contributed by atoms with E-state index in [0.717, 1.165) is 11.3 Å². The predicted molar refractivity (Wildman–Crippen MR) is 85.8 cm³/mol. The SMILES string of the molecule is CCOC(=O)Nc1nc2cc(Oc3ccc(C)cc3)cnc2[nH]1. The summed E-state index contributed by atoms with van der Waals surface area (Å²) in [4.78, 5) is 22.8. The average molecular weight is 312 g/mol. The summed E-state index contributed by atoms with van der Waals surface area (Å²) in [5.74, 6) is 1.56. The minimum atomic E-state index is -0.567. The number of anilines is 1. The topological polar surface area (TPSA) is 89.1 Å². The van der Waals surface area contributed by atoms with E-state index in [9.17, 15) is 4.79 Å². The predicted octanol–water partition coefficient (Wildman–Crippen LogP) is 3.63. The van der Waals surface area contributed by atoms with Crippen LogP contribution in [0.5, 0.6) is 11.5 Å². The van der Waals surface area contributed by atoms with Crippen molar-refractivity contribution in [2.45, 2.75) is 13.8 Å². The van der Waals surface area contributed by atoms with Gasteiger partial charge in [-0.3, -0.25) is 5.32 Å². The molecule has 1 amide bonds. The van der Waals surface area contributed by atoms with Crippen LogP contribution in [-0.4, -0.2) is 27.7 Å². The molecule has 0 atom stereocenters. The molecular weight excluding hydrogens is 296 g/mol. The zero-order valence-corrected chi connectivity index (χ0v) is 12.8. The van der Waals surface area contributed by atoms with Gasteiger partial charge in [-0.05, 0) is 26.0 Å². The lowest BCUT2D eigenvalue weighted by Gasteiger charge is -2.04. The van der Waals surface area contributed by atoms with Crippen LogP contribution in [0, 0.1) is 6.92 Å². The Bertz CT molecular complexity index is 827. The van der Waals surface area contributed by atoms with Crippen LogP contribution >= 0.6 is 0 Å². The number of amides is 1. The van der Waals surface area contributed by atoms with E-state index in [1.807, 2.05) is 31.2 Å². The molecule has 0 aliphatic carbocycles. The molecule has 3 rings (SSSR count). The summed E-state index contributed by atoms with van der Waals surface area (Å²) in [6.07, 6.45) is 1.02. The van der Waals surface area contributed by atoms with Gasteiger partial charge in [-0.25, -0.2) is 14.8 Å². The van der Waals surface area contributed by atoms with Crippen molar-refractivity contribution in [3.05, 3.63) is 42.1 Å². The standard InChI is InChI=1S/C16H16N4O3/c1-3-22-16(21)20-15-18-13-8-12(9-17-14(13)19-15)23-11-6-4-10(2)5-7-11/h4-9H,3H2,1-2H3,(H2,17,18,19,20,21). The number of nitrogens with zero attached hydrogens (tertiary/aromatic N) is 2. The van der Waals surface area contributed by atoms with Gasteiger partial charge in [-0.15, -0.1) is 0 Å². The van der Waals surface area contributed by atoms with Gasteiger partial charge in [0.15, 0.2) is 5.65 Å². The Hall–Kier alpha value is -3.09. The average Bonchev–Trinajstić information content (AvgIpc) is 2.91. The zero-order valence-electron chi connectivity index (χ0n) is 12.8. The quantitative estimate of drug-likeness (QED) is 0.768. The number of aromatic nitrogens is 3. The van der Waals surface area contributed by atoms with E-state index in [0.29, 0.717) is 23.5 Å². The lowest BCUT2D eigenvalue weighted by Crippen LogP contribution is -2.14. The maximum absolute atomic E-state index is 11.4. The molecule has 3 aromatic rings. The van der Waals surface area contributed by atoms with Crippen molar-refractivity contribution in [3.8, 4) is 11.5 Å². The molecule has 0 aliphatic heterocycles. The van der Waals surface area contributed by atoms with E-state index < -0.39 is 6.09 Å². The first-order chi connectivity index (χ1) is 11.1. The molecule has 7 heteroatoms. The second-order valence-electron chi connectivity index (χ2n) is 4.88. The van der Waals surface area contributed by atoms with Gasteiger partial charge in [0.1, 0.15) is 17.0 Å². The zero-order chi connectivity index (χ0) is 16.2. The highest BCUT2D eigenvalue weighted by Crippen LogP contribution is 2.24. The van der Waals surface area contributed by atoms with E-state index in [1.165, 1.54) is 0 Å². The van der Waals surface area contributed by atoms with Crippen molar-refractivity contribution in [3.63, 3.8) is 0 Å². The summed E-state index contributed by atoms with van der Waals surface area (Å²) < 4.78 is 10.5. The van der Waals surface area contributed by atoms with Crippen LogP contribution in [0.25, 0.3) is 11.2 Å². The number of carbonyl (C=O) groups is 1. The third kappa shape index (κ3) is 3.57. The second kappa shape index (κ2) is 6.35. The van der Waals surface area contributed by atoms with Crippen LogP contribution in [0.3, 0.4) is 0 Å². The van der Waals surface area contributed by atoms with Crippen molar-refractivity contribution < 1.29 is 14.3 Å². The number of rotatable bonds is 4. The molecule has 0 aliphatic rings. The number of nitrogens with one attached hydrogen (secondary N) is 2. The van der Waals surface area contributed by atoms with Crippen molar-refractivity contribution in [2.24, 2.45) is 0 Å². The molecule has 0 bridgehead atoms. The maximum Gasteiger partial charge on any atom is 0.413 e. The smallest absolute Gasteiger partial charge is 0.413 e. The number of fused-ring (bicyclic) bond motifs is 1. The molecule has 2 aromatic heterocycles. The molecule has 0 saturated carbocycles. The summed E-state index contributed by atoms with van der Waals surface area (Å²) in [5.41, 5.74) is 2.29. The first-order valence-corrected chi connectivity index (χ1v) is 7.18. The molecule has 0 radical (unpaired) electrons. The van der Waals surface area contributed by atoms with Crippen molar-refractivity contribution in [1.29, 1.82) is 0 Å². The number of aryl methyl sites for hydroxylation is 1. The highest BCUT2D eigenvalue weighted by atomic mass is 16.5. The summed E-state index contributed by atoms with van der Waals surface area (Å²) in [7, 11) is 0. The monoisotopic (exact) mass is 312 g/mol. The Morgan fingerprint density at radius 2 is 2.04 bits per heavy atom. The minimum absolute atomic E-state index is 0.276. The molecule has 1 aromatic carbocycles. The van der Waals surface area contributed by atoms with E-state index >= 15 is 0 Å². The van der Waals surface area contributed by atoms with E-state index in [4.69, 9.17) is 9.47 Å². The first-order valence-electron chi connectivity index (χ1n) is 7.18. The highest BCUT2D eigenvalue weighted by molar-refractivity contribution is 5.85. The number of aromatic amines is 1. The molecule has 0 fully saturated rings. The lowest BCUT2D eigenvalue weighted by molar-refractivity contribution is 0.167. The van der Waals surface area contributed by atoms with Gasteiger partial charge < -0.3 is 14.5 Å². The number of hydrogen-bond donors (Lipinski definition) is 2. The molecule has 0 saturated heterocycles. The maximum atomic E-state index is 11.4. The second-order valence-corrected chi connectivity index (χ2v) is 4.88. The van der Waals surface area contributed by atoms with Crippen LogP contribution < -0.4 is 10.1 Å². The van der Waals surface area contributed by atoms with Crippen LogP contribution in [0.1, 0.15) is 12.5 Å². The van der Waals surface area contributed by atoms with Crippen molar-refractivity contribution >= 4 is 23.2 Å². The van der Waals surface area contributed by atoms with Gasteiger partial charge in [0.05, 0.1) is 12.8 Å². The normalized spacial score (nSPS) is 10.5. The Kier molecular flexibility index (Phi) is 4.09. The number of pyridine rings is 1. The molecule has 0 unspecified atom stereocenters. The van der Waals surface area contributed by atoms with E-state index in [1.54, 1.807) is 19.2 Å². The summed E-state index contributed by atoms with van der Waals surface area (Å²) in [5, 5.41) is 2.50. The van der Waals surface area contributed by atoms with Crippen LogP contribution in [-0.2, 0) is 4.74 Å². The van der Waals surface area contributed by atoms with Gasteiger partial charge in [0.25, 0.3) is 0 Å². The number of ether oxygens (including phenoxy) is 2. The molecule has 0 spiro atoms. The third-order valence-electron chi connectivity index (χ3n) is 3.06. The number of benzene rings is 1. The first kappa shape index (κ1) is 14.8. The van der Waals surface area contributed by atoms with Gasteiger partial charge >= 0.3 is 6.09 Å². The Labute approximate surface area is 132 Å². The fraction of sp³-hybridized carbons (Fsp3) is 0.188. The van der Waals surface area contributed by atoms with Gasteiger partial charge in [0, 0.05) is 6.07 Å². The Morgan fingerprint density at radius 1 is 1.26 bits per heavy atom. The Balaban J connectivity index is 1.78. The largest absolute Gasteiger partial charge is 0.456 e. The fourth-order valence-electron chi connectivity index (χ4n) is 2.00. The highest BCUT2D eigenvalue weighted by Gasteiger charge is 2.09. The van der Waals surface area contributed by atoms with Gasteiger partial charge in [-0.2, -0.15) is 0 Å². The Morgan fingerprint density at radius 3 is 2.78 bits per heavy atom. The van der Waals surface area contributed by atoms with E-state index in [2.05, 4.69) is 20.3 Å². The van der Waals surface area contributed by atoms with Crippen LogP contribution in [0.4, 0.5) is 10.7 Å². The van der Waals surface area contributed by atoms with E-state index in [-0.39, 0.29) is 5.95 Å². The molecule has 2 heterocycles. The van der Waals surface area contributed by atoms with Crippen molar-refractivity contribution in [2.75, 3.05) is 11.9 Å². The summed E-state index contributed by atoms with van der Waals surface area (Å²) in [6, 6.07) is 9.46. The summed E-state index contributed by atoms with van der Waals surface area (Å²) >= 11 is 0. The molecule has 2 N–H and O–H groups in total. The van der Waals surface area contributed by atoms with Crippen molar-refractivity contribution in [1.82, 2.24) is 15.0 Å². The summed E-state index contributed by atoms with van der Waals surface area (Å²) in [6.45, 7) is 4.03. The van der Waals surface area contributed by atoms with Gasteiger partial charge in [-0.1, -0.05) is 17.7 Å². The molecule has 23 heavy (non-hydrogen) atoms. The molecule has 118 valence electrons. The number of carbonyl (C=O) groups excluding carboxylic acids is 1. The number of H-pyrrole nitrogens is 1.